The molecule has 0 saturated carbocycles. The molecule has 0 bridgehead atoms. The zero-order chi connectivity index (χ0) is 44.0. The largest absolute Gasteiger partial charge is 0.479 e. The minimum Gasteiger partial charge on any atom is -0.479 e. The molecular formula is C38H54N8O10S4. The third-order valence-corrected chi connectivity index (χ3v) is 13.1. The molecule has 60 heavy (non-hydrogen) atoms. The summed E-state index contributed by atoms with van der Waals surface area (Å²) in [6, 6.07) is 0. The fraction of sp³-hybridized carbons (Fsp3) is 0.579. The predicted octanol–water partition coefficient (Wildman–Crippen LogP) is 5.20. The molecule has 0 radical (unpaired) electrons. The van der Waals surface area contributed by atoms with Crippen LogP contribution < -0.4 is 21.3 Å². The van der Waals surface area contributed by atoms with Gasteiger partial charge in [0, 0.05) is 22.7 Å². The predicted molar refractivity (Wildman–Crippen MR) is 229 cm³/mol. The van der Waals surface area contributed by atoms with Crippen molar-refractivity contribution in [1.29, 1.82) is 0 Å². The number of amides is 2. The minimum atomic E-state index is -2.27. The van der Waals surface area contributed by atoms with Gasteiger partial charge in [-0.05, 0) is 51.9 Å². The van der Waals surface area contributed by atoms with Gasteiger partial charge in [-0.2, -0.15) is 0 Å². The van der Waals surface area contributed by atoms with E-state index in [9.17, 15) is 19.2 Å². The summed E-state index contributed by atoms with van der Waals surface area (Å²) >= 11 is 6.22. The second-order valence-electron chi connectivity index (χ2n) is 15.9. The molecule has 0 unspecified atom stereocenters. The maximum Gasteiger partial charge on any atom is 0.335 e. The van der Waals surface area contributed by atoms with Gasteiger partial charge in [-0.3, -0.25) is 9.59 Å². The van der Waals surface area contributed by atoms with Gasteiger partial charge in [-0.25, -0.2) is 29.5 Å². The van der Waals surface area contributed by atoms with Gasteiger partial charge in [0.25, 0.3) is 0 Å². The third kappa shape index (κ3) is 15.9. The summed E-state index contributed by atoms with van der Waals surface area (Å²) in [5.74, 6) is 1.31. The van der Waals surface area contributed by atoms with Crippen molar-refractivity contribution < 1.29 is 48.4 Å². The van der Waals surface area contributed by atoms with E-state index in [1.807, 2.05) is 0 Å². The standard InChI is InChI=1S/2C17H24N4O2S2.C4H6O6/c2*1-17(2,3)12-8-19-13(23-12)10-24-14-9-20-16(25-14)21-15(22)11-4-6-18-7-5-11;5-1(3(7)8)2(6)4(9)10/h2*8-9,11,18H,4-7,10H2,1-3H3,(H,20,21,22);1-2,5-6H,(H,7,8)(H,9,10)/t;;1-,2-/m..1/s1. The van der Waals surface area contributed by atoms with E-state index in [0.29, 0.717) is 33.6 Å². The topological polar surface area (TPSA) is 275 Å². The van der Waals surface area contributed by atoms with Gasteiger partial charge in [0.15, 0.2) is 22.5 Å². The Morgan fingerprint density at radius 3 is 1.32 bits per heavy atom. The number of thiazole rings is 2. The number of aliphatic hydroxyl groups excluding tert-OH is 2. The minimum absolute atomic E-state index is 0.0352. The lowest BCUT2D eigenvalue weighted by atomic mass is 9.94. The molecule has 18 nitrogen and oxygen atoms in total. The average molecular weight is 911 g/mol. The number of rotatable bonds is 13. The molecular weight excluding hydrogens is 857 g/mol. The summed E-state index contributed by atoms with van der Waals surface area (Å²) < 4.78 is 13.7. The van der Waals surface area contributed by atoms with Crippen molar-refractivity contribution in [3.05, 3.63) is 48.1 Å². The summed E-state index contributed by atoms with van der Waals surface area (Å²) in [5.41, 5.74) is -0.0704. The number of carboxylic acids is 2. The van der Waals surface area contributed by atoms with Crippen LogP contribution in [0, 0.1) is 11.8 Å². The Kier molecular flexibility index (Phi) is 18.5. The summed E-state index contributed by atoms with van der Waals surface area (Å²) in [5, 5.41) is 46.3. The Morgan fingerprint density at radius 1 is 0.667 bits per heavy atom. The monoisotopic (exact) mass is 910 g/mol. The lowest BCUT2D eigenvalue weighted by Gasteiger charge is -2.20. The lowest BCUT2D eigenvalue weighted by Crippen LogP contribution is -2.39. The first-order valence-corrected chi connectivity index (χ1v) is 22.8. The molecule has 2 aliphatic rings. The van der Waals surface area contributed by atoms with E-state index < -0.39 is 24.1 Å². The number of hydrogen-bond acceptors (Lipinski definition) is 18. The zero-order valence-corrected chi connectivity index (χ0v) is 37.6. The van der Waals surface area contributed by atoms with Crippen LogP contribution in [-0.4, -0.2) is 103 Å². The van der Waals surface area contributed by atoms with Gasteiger partial charge >= 0.3 is 11.9 Å². The first-order chi connectivity index (χ1) is 28.3. The highest BCUT2D eigenvalue weighted by Crippen LogP contribution is 2.34. The quantitative estimate of drug-likeness (QED) is 0.0801. The molecule has 4 aromatic rings. The molecule has 2 fully saturated rings. The number of piperidine rings is 2. The van der Waals surface area contributed by atoms with Crippen LogP contribution in [0.4, 0.5) is 10.3 Å². The molecule has 6 rings (SSSR count). The van der Waals surface area contributed by atoms with E-state index in [4.69, 9.17) is 29.3 Å². The zero-order valence-electron chi connectivity index (χ0n) is 34.4. The van der Waals surface area contributed by atoms with Crippen LogP contribution in [0.3, 0.4) is 0 Å². The maximum absolute atomic E-state index is 12.2. The van der Waals surface area contributed by atoms with Gasteiger partial charge < -0.3 is 50.5 Å². The molecule has 2 saturated heterocycles. The number of thioether (sulfide) groups is 2. The highest BCUT2D eigenvalue weighted by Gasteiger charge is 2.29. The van der Waals surface area contributed by atoms with Crippen LogP contribution >= 0.6 is 46.2 Å². The second-order valence-corrected chi connectivity index (χ2v) is 20.5. The van der Waals surface area contributed by atoms with Crippen LogP contribution in [0.1, 0.15) is 90.5 Å². The molecule has 4 aromatic heterocycles. The molecule has 2 atom stereocenters. The fourth-order valence-electron chi connectivity index (χ4n) is 5.33. The number of anilines is 2. The Morgan fingerprint density at radius 2 is 1.02 bits per heavy atom. The number of carboxylic acid groups (broad SMARTS) is 2. The van der Waals surface area contributed by atoms with E-state index in [1.165, 1.54) is 22.7 Å². The van der Waals surface area contributed by atoms with Crippen molar-refractivity contribution >= 4 is 80.2 Å². The second kappa shape index (κ2) is 22.8. The summed E-state index contributed by atoms with van der Waals surface area (Å²) in [6.45, 7) is 16.2. The summed E-state index contributed by atoms with van der Waals surface area (Å²) in [6.07, 6.45) is 6.20. The van der Waals surface area contributed by atoms with Crippen molar-refractivity contribution in [2.75, 3.05) is 36.8 Å². The summed E-state index contributed by atoms with van der Waals surface area (Å²) in [7, 11) is 0. The fourth-order valence-corrected chi connectivity index (χ4v) is 8.79. The first kappa shape index (κ1) is 48.8. The van der Waals surface area contributed by atoms with E-state index in [-0.39, 0.29) is 34.5 Å². The summed E-state index contributed by atoms with van der Waals surface area (Å²) in [4.78, 5) is 61.3. The SMILES string of the molecule is CC(C)(C)c1cnc(CSc2cnc(NC(=O)C3CCNCC3)s2)o1.CC(C)(C)c1cnc(CSc2cnc(NC(=O)C3CCNCC3)s2)o1.O=C(O)[C@H](O)[C@@H](O)C(=O)O. The molecule has 2 aliphatic heterocycles. The Hall–Kier alpha value is -3.90. The highest BCUT2D eigenvalue weighted by molar-refractivity contribution is 8.00. The molecule has 22 heteroatoms. The van der Waals surface area contributed by atoms with E-state index in [1.54, 1.807) is 48.3 Å². The number of aliphatic carboxylic acids is 2. The smallest absolute Gasteiger partial charge is 0.335 e. The number of nitrogens with one attached hydrogen (secondary N) is 4. The number of carbonyl (C=O) groups excluding carboxylic acids is 2. The van der Waals surface area contributed by atoms with Gasteiger partial charge in [0.2, 0.25) is 23.6 Å². The normalized spacial score (nSPS) is 16.1. The van der Waals surface area contributed by atoms with Gasteiger partial charge in [-0.15, -0.1) is 23.5 Å². The Labute approximate surface area is 364 Å². The molecule has 0 aromatic carbocycles. The van der Waals surface area contributed by atoms with Crippen LogP contribution in [0.25, 0.3) is 0 Å². The van der Waals surface area contributed by atoms with Crippen LogP contribution in [-0.2, 0) is 41.5 Å². The van der Waals surface area contributed by atoms with Crippen LogP contribution in [0.5, 0.6) is 0 Å². The number of aliphatic hydroxyl groups is 2. The van der Waals surface area contributed by atoms with Crippen LogP contribution in [0.15, 0.2) is 42.0 Å². The molecule has 330 valence electrons. The number of nitrogens with zero attached hydrogens (tertiary/aromatic N) is 4. The van der Waals surface area contributed by atoms with Gasteiger partial charge in [-0.1, -0.05) is 64.2 Å². The number of hydrogen-bond donors (Lipinski definition) is 8. The lowest BCUT2D eigenvalue weighted by molar-refractivity contribution is -0.165. The Balaban J connectivity index is 0.000000217. The average Bonchev–Trinajstić information content (AvgIpc) is 4.05. The van der Waals surface area contributed by atoms with E-state index >= 15 is 0 Å². The Bertz CT molecular complexity index is 1850. The highest BCUT2D eigenvalue weighted by atomic mass is 32.2. The van der Waals surface area contributed by atoms with Crippen molar-refractivity contribution in [2.45, 2.75) is 110 Å². The number of oxazole rings is 2. The number of carbonyl (C=O) groups is 4. The maximum atomic E-state index is 12.2. The molecule has 2 amide bonds. The van der Waals surface area contributed by atoms with Gasteiger partial charge in [0.1, 0.15) is 11.5 Å². The van der Waals surface area contributed by atoms with Crippen molar-refractivity contribution in [3.8, 4) is 0 Å². The van der Waals surface area contributed by atoms with E-state index in [0.717, 1.165) is 71.8 Å². The van der Waals surface area contributed by atoms with Gasteiger partial charge in [0.05, 0.1) is 44.7 Å². The third-order valence-electron chi connectivity index (χ3n) is 8.92. The van der Waals surface area contributed by atoms with Crippen molar-refractivity contribution in [2.24, 2.45) is 11.8 Å². The molecule has 0 aliphatic carbocycles. The number of aromatic nitrogens is 4. The van der Waals surface area contributed by atoms with Crippen molar-refractivity contribution in [1.82, 2.24) is 30.6 Å². The van der Waals surface area contributed by atoms with E-state index in [2.05, 4.69) is 82.7 Å². The first-order valence-electron chi connectivity index (χ1n) is 19.2. The molecule has 0 spiro atoms. The molecule has 8 N–H and O–H groups in total. The van der Waals surface area contributed by atoms with Crippen LogP contribution in [0.2, 0.25) is 0 Å². The molecule has 6 heterocycles. The van der Waals surface area contributed by atoms with Crippen molar-refractivity contribution in [3.63, 3.8) is 0 Å².